The van der Waals surface area contributed by atoms with Gasteiger partial charge in [-0.05, 0) is 79.9 Å². The van der Waals surface area contributed by atoms with Crippen LogP contribution in [0.3, 0.4) is 0 Å². The Kier molecular flexibility index (Phi) is 7.05. The fourth-order valence-corrected chi connectivity index (χ4v) is 2.24. The highest BCUT2D eigenvalue weighted by molar-refractivity contribution is 7.81. The van der Waals surface area contributed by atoms with Crippen LogP contribution < -0.4 is 26.2 Å². The molecule has 126 valence electrons. The van der Waals surface area contributed by atoms with Crippen molar-refractivity contribution in [1.29, 1.82) is 0 Å². The molecule has 0 heterocycles. The third-order valence-electron chi connectivity index (χ3n) is 2.81. The molecule has 0 unspecified atom stereocenters. The number of hydrogen-bond donors (Lipinski definition) is 4. The zero-order chi connectivity index (χ0) is 17.4. The molecule has 0 atom stereocenters. The molecule has 8 heteroatoms. The average molecular weight is 381 g/mol. The van der Waals surface area contributed by atoms with Crippen LogP contribution in [0.1, 0.15) is 6.92 Å². The van der Waals surface area contributed by atoms with Crippen LogP contribution in [0.15, 0.2) is 48.5 Å². The summed E-state index contributed by atoms with van der Waals surface area (Å²) in [5.41, 5.74) is 7.28. The Labute approximate surface area is 156 Å². The highest BCUT2D eigenvalue weighted by Gasteiger charge is 2.01. The maximum Gasteiger partial charge on any atom is 0.189 e. The molecule has 0 bridgehead atoms. The van der Waals surface area contributed by atoms with E-state index in [1.165, 1.54) is 0 Å². The van der Waals surface area contributed by atoms with Crippen LogP contribution in [0, 0.1) is 0 Å². The van der Waals surface area contributed by atoms with Gasteiger partial charge in [0.2, 0.25) is 0 Å². The number of anilines is 2. The summed E-state index contributed by atoms with van der Waals surface area (Å²) in [7, 11) is 0. The largest absolute Gasteiger partial charge is 0.494 e. The molecule has 24 heavy (non-hydrogen) atoms. The fraction of sp³-hybridized carbons (Fsp3) is 0.125. The summed E-state index contributed by atoms with van der Waals surface area (Å²) in [5.74, 6) is 0.813. The van der Waals surface area contributed by atoms with Crippen molar-refractivity contribution in [3.63, 3.8) is 0 Å². The SMILES string of the molecule is CCOc1ccc(NC(=S)NNC(=S)Nc2ccc(Cl)cc2)cc1. The van der Waals surface area contributed by atoms with Crippen molar-refractivity contribution in [2.45, 2.75) is 6.92 Å². The summed E-state index contributed by atoms with van der Waals surface area (Å²) >= 11 is 16.2. The molecule has 0 aliphatic carbocycles. The molecule has 0 saturated heterocycles. The van der Waals surface area contributed by atoms with Crippen LogP contribution in [0.25, 0.3) is 0 Å². The van der Waals surface area contributed by atoms with E-state index < -0.39 is 0 Å². The van der Waals surface area contributed by atoms with Crippen molar-refractivity contribution >= 4 is 57.6 Å². The second-order valence-corrected chi connectivity index (χ2v) is 5.88. The quantitative estimate of drug-likeness (QED) is 0.473. The molecule has 2 aromatic rings. The maximum absolute atomic E-state index is 5.83. The van der Waals surface area contributed by atoms with E-state index in [9.17, 15) is 0 Å². The Morgan fingerprint density at radius 1 is 0.875 bits per heavy atom. The highest BCUT2D eigenvalue weighted by atomic mass is 35.5. The Balaban J connectivity index is 1.75. The van der Waals surface area contributed by atoms with Gasteiger partial charge < -0.3 is 15.4 Å². The first-order chi connectivity index (χ1) is 11.6. The van der Waals surface area contributed by atoms with Gasteiger partial charge in [-0.15, -0.1) is 0 Å². The third kappa shape index (κ3) is 6.19. The molecule has 0 aromatic heterocycles. The van der Waals surface area contributed by atoms with Gasteiger partial charge in [0.1, 0.15) is 5.75 Å². The monoisotopic (exact) mass is 380 g/mol. The Morgan fingerprint density at radius 2 is 1.33 bits per heavy atom. The van der Waals surface area contributed by atoms with Gasteiger partial charge in [-0.2, -0.15) is 0 Å². The first-order valence-electron chi connectivity index (χ1n) is 7.19. The minimum atomic E-state index is 0.383. The lowest BCUT2D eigenvalue weighted by Gasteiger charge is -2.14. The molecular weight excluding hydrogens is 364 g/mol. The van der Waals surface area contributed by atoms with Gasteiger partial charge in [-0.3, -0.25) is 10.9 Å². The van der Waals surface area contributed by atoms with Gasteiger partial charge in [-0.1, -0.05) is 11.6 Å². The van der Waals surface area contributed by atoms with Crippen LogP contribution in [-0.4, -0.2) is 16.8 Å². The van der Waals surface area contributed by atoms with Crippen molar-refractivity contribution in [3.05, 3.63) is 53.6 Å². The number of hydrazine groups is 1. The molecule has 0 spiro atoms. The number of thiocarbonyl (C=S) groups is 2. The molecule has 0 aliphatic rings. The molecule has 0 aliphatic heterocycles. The second kappa shape index (κ2) is 9.27. The summed E-state index contributed by atoms with van der Waals surface area (Å²) in [4.78, 5) is 0. The summed E-state index contributed by atoms with van der Waals surface area (Å²) in [6, 6.07) is 14.7. The number of rotatable bonds is 4. The first kappa shape index (κ1) is 18.3. The standard InChI is InChI=1S/C16H17ClN4OS2/c1-2-22-14-9-7-13(8-10-14)19-16(24)21-20-15(23)18-12-5-3-11(17)4-6-12/h3-10H,2H2,1H3,(H2,18,20,23)(H2,19,21,24). The third-order valence-corrected chi connectivity index (χ3v) is 3.48. The lowest BCUT2D eigenvalue weighted by Crippen LogP contribution is -2.45. The van der Waals surface area contributed by atoms with Crippen molar-refractivity contribution < 1.29 is 4.74 Å². The van der Waals surface area contributed by atoms with Crippen LogP contribution >= 0.6 is 36.0 Å². The van der Waals surface area contributed by atoms with E-state index in [-0.39, 0.29) is 0 Å². The molecule has 2 rings (SSSR count). The van der Waals surface area contributed by atoms with Gasteiger partial charge in [-0.25, -0.2) is 0 Å². The molecule has 2 aromatic carbocycles. The molecule has 4 N–H and O–H groups in total. The van der Waals surface area contributed by atoms with Crippen molar-refractivity contribution in [2.24, 2.45) is 0 Å². The summed E-state index contributed by atoms with van der Waals surface area (Å²) in [5, 5.41) is 7.48. The van der Waals surface area contributed by atoms with Gasteiger partial charge in [0.05, 0.1) is 6.61 Å². The van der Waals surface area contributed by atoms with Crippen LogP contribution in [0.2, 0.25) is 5.02 Å². The summed E-state index contributed by atoms with van der Waals surface area (Å²) < 4.78 is 5.39. The molecule has 0 amide bonds. The highest BCUT2D eigenvalue weighted by Crippen LogP contribution is 2.15. The molecular formula is C16H17ClN4OS2. The fourth-order valence-electron chi connectivity index (χ4n) is 1.77. The normalized spacial score (nSPS) is 9.75. The second-order valence-electron chi connectivity index (χ2n) is 4.62. The Hall–Kier alpha value is -2.09. The van der Waals surface area contributed by atoms with Crippen LogP contribution in [-0.2, 0) is 0 Å². The molecule has 5 nitrogen and oxygen atoms in total. The van der Waals surface area contributed by atoms with Crippen LogP contribution in [0.4, 0.5) is 11.4 Å². The van der Waals surface area contributed by atoms with E-state index in [1.54, 1.807) is 12.1 Å². The van der Waals surface area contributed by atoms with Gasteiger partial charge >= 0.3 is 0 Å². The van der Waals surface area contributed by atoms with E-state index in [1.807, 2.05) is 43.3 Å². The lowest BCUT2D eigenvalue weighted by atomic mass is 10.3. The van der Waals surface area contributed by atoms with Crippen molar-refractivity contribution in [3.8, 4) is 5.75 Å². The number of benzene rings is 2. The predicted octanol–water partition coefficient (Wildman–Crippen LogP) is 3.93. The number of hydrogen-bond acceptors (Lipinski definition) is 3. The number of halogens is 1. The zero-order valence-electron chi connectivity index (χ0n) is 12.9. The van der Waals surface area contributed by atoms with E-state index >= 15 is 0 Å². The van der Waals surface area contributed by atoms with Gasteiger partial charge in [0.25, 0.3) is 0 Å². The topological polar surface area (TPSA) is 57.4 Å². The van der Waals surface area contributed by atoms with E-state index in [0.29, 0.717) is 21.9 Å². The minimum absolute atomic E-state index is 0.383. The average Bonchev–Trinajstić information content (AvgIpc) is 2.57. The maximum atomic E-state index is 5.83. The molecule has 0 fully saturated rings. The van der Waals surface area contributed by atoms with Gasteiger partial charge in [0, 0.05) is 16.4 Å². The smallest absolute Gasteiger partial charge is 0.189 e. The van der Waals surface area contributed by atoms with Crippen molar-refractivity contribution in [1.82, 2.24) is 10.9 Å². The zero-order valence-corrected chi connectivity index (χ0v) is 15.3. The Bertz CT molecular complexity index is 692. The van der Waals surface area contributed by atoms with E-state index in [4.69, 9.17) is 40.8 Å². The molecule has 0 saturated carbocycles. The first-order valence-corrected chi connectivity index (χ1v) is 8.38. The summed E-state index contributed by atoms with van der Waals surface area (Å²) in [6.45, 7) is 2.58. The number of nitrogens with one attached hydrogen (secondary N) is 4. The lowest BCUT2D eigenvalue weighted by molar-refractivity contribution is 0.340. The summed E-state index contributed by atoms with van der Waals surface area (Å²) in [6.07, 6.45) is 0. The number of ether oxygens (including phenoxy) is 1. The van der Waals surface area contributed by atoms with Crippen LogP contribution in [0.5, 0.6) is 5.75 Å². The Morgan fingerprint density at radius 3 is 1.79 bits per heavy atom. The predicted molar refractivity (Wildman–Crippen MR) is 108 cm³/mol. The van der Waals surface area contributed by atoms with Gasteiger partial charge in [0.15, 0.2) is 10.2 Å². The minimum Gasteiger partial charge on any atom is -0.494 e. The van der Waals surface area contributed by atoms with Crippen molar-refractivity contribution in [2.75, 3.05) is 17.2 Å². The van der Waals surface area contributed by atoms with E-state index in [0.717, 1.165) is 17.1 Å². The molecule has 0 radical (unpaired) electrons. The van der Waals surface area contributed by atoms with E-state index in [2.05, 4.69) is 21.5 Å².